The fraction of sp³-hybridized carbons (Fsp3) is 0.474. The van der Waals surface area contributed by atoms with E-state index >= 15 is 0 Å². The Labute approximate surface area is 142 Å². The van der Waals surface area contributed by atoms with E-state index in [2.05, 4.69) is 10.3 Å². The highest BCUT2D eigenvalue weighted by Gasteiger charge is 2.14. The van der Waals surface area contributed by atoms with Gasteiger partial charge in [-0.3, -0.25) is 9.78 Å². The summed E-state index contributed by atoms with van der Waals surface area (Å²) in [4.78, 5) is 16.8. The van der Waals surface area contributed by atoms with Crippen LogP contribution in [-0.2, 0) is 4.79 Å². The van der Waals surface area contributed by atoms with Gasteiger partial charge in [-0.1, -0.05) is 37.5 Å². The molecule has 3 rings (SSSR count). The van der Waals surface area contributed by atoms with Crippen LogP contribution in [0.4, 0.5) is 5.69 Å². The molecule has 4 heteroatoms. The molecule has 0 bridgehead atoms. The Morgan fingerprint density at radius 2 is 2.04 bits per heavy atom. The molecule has 0 saturated heterocycles. The quantitative estimate of drug-likeness (QED) is 0.845. The Balaban J connectivity index is 1.57. The van der Waals surface area contributed by atoms with E-state index in [4.69, 9.17) is 0 Å². The van der Waals surface area contributed by atoms with Crippen molar-refractivity contribution in [2.24, 2.45) is 0 Å². The van der Waals surface area contributed by atoms with Gasteiger partial charge in [-0.05, 0) is 31.9 Å². The van der Waals surface area contributed by atoms with Crippen molar-refractivity contribution < 1.29 is 4.79 Å². The summed E-state index contributed by atoms with van der Waals surface area (Å²) in [5, 5.41) is 4.84. The lowest BCUT2D eigenvalue weighted by Gasteiger charge is -2.20. The van der Waals surface area contributed by atoms with Crippen LogP contribution in [0.25, 0.3) is 10.9 Å². The molecule has 1 aromatic heterocycles. The summed E-state index contributed by atoms with van der Waals surface area (Å²) >= 11 is 1.97. The third-order valence-electron chi connectivity index (χ3n) is 4.35. The van der Waals surface area contributed by atoms with Gasteiger partial charge in [0, 0.05) is 28.5 Å². The van der Waals surface area contributed by atoms with Crippen LogP contribution in [0.1, 0.15) is 44.2 Å². The Hall–Kier alpha value is -1.55. The fourth-order valence-electron chi connectivity index (χ4n) is 3.17. The van der Waals surface area contributed by atoms with E-state index in [1.54, 1.807) is 0 Å². The van der Waals surface area contributed by atoms with Gasteiger partial charge in [0.25, 0.3) is 0 Å². The van der Waals surface area contributed by atoms with Gasteiger partial charge in [-0.15, -0.1) is 0 Å². The first-order valence-electron chi connectivity index (χ1n) is 8.50. The number of para-hydroxylation sites is 1. The van der Waals surface area contributed by atoms with E-state index in [1.807, 2.05) is 49.0 Å². The first-order chi connectivity index (χ1) is 11.2. The van der Waals surface area contributed by atoms with Crippen molar-refractivity contribution in [1.82, 2.24) is 4.98 Å². The van der Waals surface area contributed by atoms with Gasteiger partial charge in [0.05, 0.1) is 11.2 Å². The van der Waals surface area contributed by atoms with E-state index in [0.717, 1.165) is 33.3 Å². The Morgan fingerprint density at radius 1 is 1.26 bits per heavy atom. The summed E-state index contributed by atoms with van der Waals surface area (Å²) in [6, 6.07) is 9.90. The van der Waals surface area contributed by atoms with Crippen LogP contribution in [-0.4, -0.2) is 21.9 Å². The molecule has 23 heavy (non-hydrogen) atoms. The number of aromatic nitrogens is 1. The first kappa shape index (κ1) is 16.3. The standard InChI is InChI=1S/C19H24N2OS/c1-14-13-18(16-9-5-6-10-17(16)20-14)21-19(22)11-12-23-15-7-3-2-4-8-15/h5-6,9-10,13,15H,2-4,7-8,11-12H2,1H3,(H,20,21,22). The van der Waals surface area contributed by atoms with Gasteiger partial charge in [-0.25, -0.2) is 0 Å². The summed E-state index contributed by atoms with van der Waals surface area (Å²) < 4.78 is 0. The maximum Gasteiger partial charge on any atom is 0.225 e. The number of nitrogens with one attached hydrogen (secondary N) is 1. The van der Waals surface area contributed by atoms with E-state index in [-0.39, 0.29) is 5.91 Å². The summed E-state index contributed by atoms with van der Waals surface area (Å²) in [7, 11) is 0. The van der Waals surface area contributed by atoms with Crippen molar-refractivity contribution in [3.8, 4) is 0 Å². The van der Waals surface area contributed by atoms with Gasteiger partial charge in [0.2, 0.25) is 5.91 Å². The molecule has 1 aromatic carbocycles. The van der Waals surface area contributed by atoms with Crippen LogP contribution in [0.15, 0.2) is 30.3 Å². The van der Waals surface area contributed by atoms with Crippen LogP contribution in [0.5, 0.6) is 0 Å². The summed E-state index contributed by atoms with van der Waals surface area (Å²) in [5.74, 6) is 1.02. The molecule has 1 aliphatic carbocycles. The number of hydrogen-bond acceptors (Lipinski definition) is 3. The van der Waals surface area contributed by atoms with Crippen molar-refractivity contribution in [3.05, 3.63) is 36.0 Å². The Bertz CT molecular complexity index is 680. The van der Waals surface area contributed by atoms with Crippen molar-refractivity contribution in [2.45, 2.75) is 50.7 Å². The molecule has 1 amide bonds. The topological polar surface area (TPSA) is 42.0 Å². The minimum absolute atomic E-state index is 0.101. The molecule has 0 unspecified atom stereocenters. The number of carbonyl (C=O) groups excluding carboxylic acids is 1. The maximum atomic E-state index is 12.3. The van der Waals surface area contributed by atoms with Crippen molar-refractivity contribution >= 4 is 34.3 Å². The van der Waals surface area contributed by atoms with Gasteiger partial charge < -0.3 is 5.32 Å². The molecular weight excluding hydrogens is 304 g/mol. The highest BCUT2D eigenvalue weighted by atomic mass is 32.2. The van der Waals surface area contributed by atoms with Crippen LogP contribution in [0.3, 0.4) is 0 Å². The predicted octanol–water partition coefficient (Wildman–Crippen LogP) is 4.94. The predicted molar refractivity (Wildman–Crippen MR) is 99.1 cm³/mol. The molecule has 0 atom stereocenters. The molecular formula is C19H24N2OS. The largest absolute Gasteiger partial charge is 0.325 e. The average molecular weight is 328 g/mol. The maximum absolute atomic E-state index is 12.3. The fourth-order valence-corrected chi connectivity index (χ4v) is 4.48. The molecule has 0 aliphatic heterocycles. The highest BCUT2D eigenvalue weighted by Crippen LogP contribution is 2.29. The van der Waals surface area contributed by atoms with E-state index < -0.39 is 0 Å². The zero-order chi connectivity index (χ0) is 16.1. The minimum Gasteiger partial charge on any atom is -0.325 e. The monoisotopic (exact) mass is 328 g/mol. The van der Waals surface area contributed by atoms with Crippen molar-refractivity contribution in [3.63, 3.8) is 0 Å². The summed E-state index contributed by atoms with van der Waals surface area (Å²) in [5.41, 5.74) is 2.73. The SMILES string of the molecule is Cc1cc(NC(=O)CCSC2CCCCC2)c2ccccc2n1. The third kappa shape index (κ3) is 4.47. The molecule has 3 nitrogen and oxygen atoms in total. The number of thioether (sulfide) groups is 1. The number of fused-ring (bicyclic) bond motifs is 1. The summed E-state index contributed by atoms with van der Waals surface area (Å²) in [6.45, 7) is 1.96. The lowest BCUT2D eigenvalue weighted by Crippen LogP contribution is -2.15. The van der Waals surface area contributed by atoms with Crippen LogP contribution in [0.2, 0.25) is 0 Å². The smallest absolute Gasteiger partial charge is 0.225 e. The van der Waals surface area contributed by atoms with Crippen molar-refractivity contribution in [2.75, 3.05) is 11.1 Å². The molecule has 2 aromatic rings. The number of nitrogens with zero attached hydrogens (tertiary/aromatic N) is 1. The lowest BCUT2D eigenvalue weighted by molar-refractivity contribution is -0.115. The molecule has 122 valence electrons. The lowest BCUT2D eigenvalue weighted by atomic mass is 10.0. The number of hydrogen-bond donors (Lipinski definition) is 1. The molecule has 0 radical (unpaired) electrons. The van der Waals surface area contributed by atoms with Crippen LogP contribution >= 0.6 is 11.8 Å². The average Bonchev–Trinajstić information content (AvgIpc) is 2.55. The molecule has 1 N–H and O–H groups in total. The number of amides is 1. The number of benzene rings is 1. The zero-order valence-corrected chi connectivity index (χ0v) is 14.5. The second kappa shape index (κ2) is 7.82. The molecule has 0 spiro atoms. The summed E-state index contributed by atoms with van der Waals surface area (Å²) in [6.07, 6.45) is 7.31. The normalized spacial score (nSPS) is 15.7. The van der Waals surface area contributed by atoms with Crippen LogP contribution < -0.4 is 5.32 Å². The van der Waals surface area contributed by atoms with E-state index in [1.165, 1.54) is 32.1 Å². The zero-order valence-electron chi connectivity index (χ0n) is 13.7. The first-order valence-corrected chi connectivity index (χ1v) is 9.55. The number of pyridine rings is 1. The van der Waals surface area contributed by atoms with E-state index in [0.29, 0.717) is 6.42 Å². The van der Waals surface area contributed by atoms with Gasteiger partial charge in [-0.2, -0.15) is 11.8 Å². The number of carbonyl (C=O) groups is 1. The highest BCUT2D eigenvalue weighted by molar-refractivity contribution is 7.99. The minimum atomic E-state index is 0.101. The Morgan fingerprint density at radius 3 is 2.87 bits per heavy atom. The second-order valence-corrected chi connectivity index (χ2v) is 7.67. The molecule has 1 aliphatic rings. The molecule has 1 fully saturated rings. The van der Waals surface area contributed by atoms with Gasteiger partial charge in [0.1, 0.15) is 0 Å². The third-order valence-corrected chi connectivity index (χ3v) is 5.74. The Kier molecular flexibility index (Phi) is 5.55. The van der Waals surface area contributed by atoms with E-state index in [9.17, 15) is 4.79 Å². The van der Waals surface area contributed by atoms with Gasteiger partial charge >= 0.3 is 0 Å². The second-order valence-electron chi connectivity index (χ2n) is 6.26. The molecule has 1 saturated carbocycles. The number of aryl methyl sites for hydroxylation is 1. The van der Waals surface area contributed by atoms with Crippen LogP contribution in [0, 0.1) is 6.92 Å². The van der Waals surface area contributed by atoms with Crippen molar-refractivity contribution in [1.29, 1.82) is 0 Å². The number of anilines is 1. The van der Waals surface area contributed by atoms with Gasteiger partial charge in [0.15, 0.2) is 0 Å². The number of rotatable bonds is 5. The molecule has 1 heterocycles.